The van der Waals surface area contributed by atoms with Crippen LogP contribution in [0.5, 0.6) is 0 Å². The molecule has 0 radical (unpaired) electrons. The van der Waals surface area contributed by atoms with Gasteiger partial charge in [0.05, 0.1) is 0 Å². The number of piperazine rings is 1. The van der Waals surface area contributed by atoms with Crippen LogP contribution in [0.4, 0.5) is 5.82 Å². The first-order chi connectivity index (χ1) is 9.70. The van der Waals surface area contributed by atoms with Gasteiger partial charge in [0, 0.05) is 43.2 Å². The van der Waals surface area contributed by atoms with Crippen molar-refractivity contribution in [1.82, 2.24) is 14.9 Å². The standard InChI is InChI=1S/C16H27ClN4/c1-11(2)20-7-9-21(10-8-20)14-12(3)13(17)18-15(19-14)16(4,5)6/h11H,7-10H2,1-6H3. The number of anilines is 1. The third-order valence-electron chi connectivity index (χ3n) is 4.08. The second-order valence-corrected chi connectivity index (χ2v) is 7.51. The quantitative estimate of drug-likeness (QED) is 0.785. The zero-order valence-electron chi connectivity index (χ0n) is 14.1. The van der Waals surface area contributed by atoms with E-state index in [1.165, 1.54) is 0 Å². The van der Waals surface area contributed by atoms with E-state index in [9.17, 15) is 0 Å². The van der Waals surface area contributed by atoms with Crippen molar-refractivity contribution in [2.45, 2.75) is 53.0 Å². The van der Waals surface area contributed by atoms with Gasteiger partial charge in [-0.15, -0.1) is 0 Å². The Morgan fingerprint density at radius 3 is 2.10 bits per heavy atom. The van der Waals surface area contributed by atoms with Crippen LogP contribution < -0.4 is 4.90 Å². The molecular weight excluding hydrogens is 284 g/mol. The molecule has 118 valence electrons. The molecule has 0 spiro atoms. The monoisotopic (exact) mass is 310 g/mol. The van der Waals surface area contributed by atoms with Gasteiger partial charge < -0.3 is 4.90 Å². The Kier molecular flexibility index (Phi) is 4.79. The van der Waals surface area contributed by atoms with Crippen LogP contribution in [0.3, 0.4) is 0 Å². The molecular formula is C16H27ClN4. The average molecular weight is 311 g/mol. The fourth-order valence-electron chi connectivity index (χ4n) is 2.57. The van der Waals surface area contributed by atoms with Crippen molar-refractivity contribution >= 4 is 17.4 Å². The first-order valence-electron chi connectivity index (χ1n) is 7.73. The van der Waals surface area contributed by atoms with E-state index < -0.39 is 0 Å². The van der Waals surface area contributed by atoms with Gasteiger partial charge >= 0.3 is 0 Å². The first kappa shape index (κ1) is 16.5. The summed E-state index contributed by atoms with van der Waals surface area (Å²) >= 11 is 6.34. The predicted molar refractivity (Wildman–Crippen MR) is 89.4 cm³/mol. The zero-order valence-corrected chi connectivity index (χ0v) is 14.8. The molecule has 1 fully saturated rings. The molecule has 0 unspecified atom stereocenters. The van der Waals surface area contributed by atoms with Crippen LogP contribution >= 0.6 is 11.6 Å². The summed E-state index contributed by atoms with van der Waals surface area (Å²) in [6.07, 6.45) is 0. The van der Waals surface area contributed by atoms with E-state index in [4.69, 9.17) is 16.6 Å². The molecule has 1 aliphatic heterocycles. The lowest BCUT2D eigenvalue weighted by molar-refractivity contribution is 0.209. The highest BCUT2D eigenvalue weighted by atomic mass is 35.5. The molecule has 5 heteroatoms. The van der Waals surface area contributed by atoms with Crippen LogP contribution in [-0.4, -0.2) is 47.1 Å². The molecule has 4 nitrogen and oxygen atoms in total. The summed E-state index contributed by atoms with van der Waals surface area (Å²) < 4.78 is 0. The van der Waals surface area contributed by atoms with Crippen molar-refractivity contribution in [3.05, 3.63) is 16.5 Å². The topological polar surface area (TPSA) is 32.3 Å². The minimum Gasteiger partial charge on any atom is -0.354 e. The molecule has 2 heterocycles. The third-order valence-corrected chi connectivity index (χ3v) is 4.44. The largest absolute Gasteiger partial charge is 0.354 e. The highest BCUT2D eigenvalue weighted by molar-refractivity contribution is 6.30. The second-order valence-electron chi connectivity index (χ2n) is 7.15. The van der Waals surface area contributed by atoms with E-state index in [1.54, 1.807) is 0 Å². The zero-order chi connectivity index (χ0) is 15.8. The Morgan fingerprint density at radius 1 is 1.05 bits per heavy atom. The number of nitrogens with zero attached hydrogens (tertiary/aromatic N) is 4. The molecule has 1 aliphatic rings. The molecule has 21 heavy (non-hydrogen) atoms. The summed E-state index contributed by atoms with van der Waals surface area (Å²) in [5.74, 6) is 1.82. The van der Waals surface area contributed by atoms with Crippen molar-refractivity contribution in [3.8, 4) is 0 Å². The predicted octanol–water partition coefficient (Wildman–Crippen LogP) is 3.27. The molecule has 1 aromatic heterocycles. The molecule has 0 bridgehead atoms. The minimum absolute atomic E-state index is 0.0914. The van der Waals surface area contributed by atoms with Gasteiger partial charge in [-0.1, -0.05) is 32.4 Å². The molecule has 1 aromatic rings. The summed E-state index contributed by atoms with van der Waals surface area (Å²) in [6.45, 7) is 17.0. The lowest BCUT2D eigenvalue weighted by Gasteiger charge is -2.38. The van der Waals surface area contributed by atoms with Gasteiger partial charge in [-0.25, -0.2) is 9.97 Å². The van der Waals surface area contributed by atoms with E-state index in [0.717, 1.165) is 43.4 Å². The first-order valence-corrected chi connectivity index (χ1v) is 8.11. The van der Waals surface area contributed by atoms with Crippen LogP contribution in [-0.2, 0) is 5.41 Å². The fourth-order valence-corrected chi connectivity index (χ4v) is 2.74. The molecule has 0 aromatic carbocycles. The van der Waals surface area contributed by atoms with Gasteiger partial charge in [0.25, 0.3) is 0 Å². The Bertz CT molecular complexity index is 500. The van der Waals surface area contributed by atoms with Gasteiger partial charge in [0.2, 0.25) is 0 Å². The molecule has 1 saturated heterocycles. The van der Waals surface area contributed by atoms with E-state index in [0.29, 0.717) is 11.2 Å². The Morgan fingerprint density at radius 2 is 1.62 bits per heavy atom. The third kappa shape index (κ3) is 3.67. The maximum Gasteiger partial charge on any atom is 0.137 e. The van der Waals surface area contributed by atoms with Gasteiger partial charge in [-0.3, -0.25) is 4.90 Å². The van der Waals surface area contributed by atoms with E-state index >= 15 is 0 Å². The van der Waals surface area contributed by atoms with Crippen molar-refractivity contribution < 1.29 is 0 Å². The van der Waals surface area contributed by atoms with Crippen molar-refractivity contribution in [2.24, 2.45) is 0 Å². The van der Waals surface area contributed by atoms with E-state index in [2.05, 4.69) is 49.4 Å². The maximum atomic E-state index is 6.34. The molecule has 0 aliphatic carbocycles. The summed E-state index contributed by atoms with van der Waals surface area (Å²) in [6, 6.07) is 0.604. The summed E-state index contributed by atoms with van der Waals surface area (Å²) in [7, 11) is 0. The number of aromatic nitrogens is 2. The maximum absolute atomic E-state index is 6.34. The molecule has 0 amide bonds. The van der Waals surface area contributed by atoms with Gasteiger partial charge in [0.15, 0.2) is 0 Å². The summed E-state index contributed by atoms with van der Waals surface area (Å²) in [5, 5.41) is 0.580. The van der Waals surface area contributed by atoms with Crippen molar-refractivity contribution in [3.63, 3.8) is 0 Å². The van der Waals surface area contributed by atoms with E-state index in [-0.39, 0.29) is 5.41 Å². The SMILES string of the molecule is Cc1c(Cl)nc(C(C)(C)C)nc1N1CCN(C(C)C)CC1. The molecule has 0 saturated carbocycles. The number of hydrogen-bond donors (Lipinski definition) is 0. The minimum atomic E-state index is -0.0914. The molecule has 0 N–H and O–H groups in total. The lowest BCUT2D eigenvalue weighted by Crippen LogP contribution is -2.49. The number of hydrogen-bond acceptors (Lipinski definition) is 4. The fraction of sp³-hybridized carbons (Fsp3) is 0.750. The molecule has 0 atom stereocenters. The Hall–Kier alpha value is -0.870. The van der Waals surface area contributed by atoms with Gasteiger partial charge in [-0.2, -0.15) is 0 Å². The van der Waals surface area contributed by atoms with E-state index in [1.807, 2.05) is 6.92 Å². The van der Waals surface area contributed by atoms with Crippen LogP contribution in [0.25, 0.3) is 0 Å². The van der Waals surface area contributed by atoms with Crippen molar-refractivity contribution in [2.75, 3.05) is 31.1 Å². The number of rotatable bonds is 2. The van der Waals surface area contributed by atoms with Crippen LogP contribution in [0, 0.1) is 6.92 Å². The molecule has 2 rings (SSSR count). The highest BCUT2D eigenvalue weighted by Crippen LogP contribution is 2.28. The lowest BCUT2D eigenvalue weighted by atomic mass is 9.95. The van der Waals surface area contributed by atoms with Gasteiger partial charge in [0.1, 0.15) is 16.8 Å². The van der Waals surface area contributed by atoms with Crippen molar-refractivity contribution in [1.29, 1.82) is 0 Å². The van der Waals surface area contributed by atoms with Crippen LogP contribution in [0.15, 0.2) is 0 Å². The highest BCUT2D eigenvalue weighted by Gasteiger charge is 2.25. The normalized spacial score (nSPS) is 17.6. The average Bonchev–Trinajstić information content (AvgIpc) is 2.40. The second kappa shape index (κ2) is 6.09. The van der Waals surface area contributed by atoms with Gasteiger partial charge in [-0.05, 0) is 20.8 Å². The Labute approximate surface area is 133 Å². The smallest absolute Gasteiger partial charge is 0.137 e. The van der Waals surface area contributed by atoms with Crippen LogP contribution in [0.2, 0.25) is 5.15 Å². The summed E-state index contributed by atoms with van der Waals surface area (Å²) in [4.78, 5) is 14.1. The van der Waals surface area contributed by atoms with Crippen LogP contribution in [0.1, 0.15) is 46.0 Å². The summed E-state index contributed by atoms with van der Waals surface area (Å²) in [5.41, 5.74) is 0.897. The Balaban J connectivity index is 2.26. The number of halogens is 1.